The first-order valence-corrected chi connectivity index (χ1v) is 6.73. The maximum absolute atomic E-state index is 13.1. The fourth-order valence-corrected chi connectivity index (χ4v) is 2.51. The number of carbonyl (C=O) groups excluding carboxylic acids is 1. The predicted octanol–water partition coefficient (Wildman–Crippen LogP) is 2.25. The molecule has 0 radical (unpaired) electrons. The number of benzene rings is 1. The molecule has 0 bridgehead atoms. The first-order chi connectivity index (χ1) is 9.47. The monoisotopic (exact) mass is 279 g/mol. The van der Waals surface area contributed by atoms with Gasteiger partial charge in [-0.05, 0) is 30.0 Å². The van der Waals surface area contributed by atoms with Gasteiger partial charge < -0.3 is 10.0 Å². The third kappa shape index (κ3) is 3.35. The van der Waals surface area contributed by atoms with E-state index in [0.29, 0.717) is 13.0 Å². The van der Waals surface area contributed by atoms with Crippen LogP contribution in [0.25, 0.3) is 0 Å². The Balaban J connectivity index is 1.93. The minimum Gasteiger partial charge on any atom is -0.481 e. The Morgan fingerprint density at radius 3 is 2.85 bits per heavy atom. The van der Waals surface area contributed by atoms with Gasteiger partial charge in [-0.2, -0.15) is 0 Å². The van der Waals surface area contributed by atoms with Crippen molar-refractivity contribution in [1.82, 2.24) is 4.90 Å². The SMILES string of the molecule is C[C@@H](CC(=O)N1CC[C@H](C(=O)O)C1)c1cccc(F)c1. The molecule has 20 heavy (non-hydrogen) atoms. The van der Waals surface area contributed by atoms with Crippen molar-refractivity contribution in [2.24, 2.45) is 5.92 Å². The molecule has 5 heteroatoms. The van der Waals surface area contributed by atoms with Crippen molar-refractivity contribution in [3.05, 3.63) is 35.6 Å². The summed E-state index contributed by atoms with van der Waals surface area (Å²) < 4.78 is 13.1. The van der Waals surface area contributed by atoms with E-state index in [1.54, 1.807) is 17.0 Å². The van der Waals surface area contributed by atoms with Crippen LogP contribution in [0.15, 0.2) is 24.3 Å². The summed E-state index contributed by atoms with van der Waals surface area (Å²) in [7, 11) is 0. The van der Waals surface area contributed by atoms with Gasteiger partial charge in [-0.15, -0.1) is 0 Å². The van der Waals surface area contributed by atoms with Crippen LogP contribution in [0.5, 0.6) is 0 Å². The second-order valence-corrected chi connectivity index (χ2v) is 5.32. The van der Waals surface area contributed by atoms with Crippen LogP contribution in [0.2, 0.25) is 0 Å². The molecule has 1 aliphatic rings. The van der Waals surface area contributed by atoms with Crippen molar-refractivity contribution in [2.75, 3.05) is 13.1 Å². The van der Waals surface area contributed by atoms with E-state index in [9.17, 15) is 14.0 Å². The number of carboxylic acids is 1. The van der Waals surface area contributed by atoms with Crippen LogP contribution in [-0.4, -0.2) is 35.0 Å². The summed E-state index contributed by atoms with van der Waals surface area (Å²) >= 11 is 0. The highest BCUT2D eigenvalue weighted by molar-refractivity contribution is 5.79. The van der Waals surface area contributed by atoms with Gasteiger partial charge in [0.25, 0.3) is 0 Å². The van der Waals surface area contributed by atoms with Gasteiger partial charge >= 0.3 is 5.97 Å². The van der Waals surface area contributed by atoms with E-state index in [-0.39, 0.29) is 30.6 Å². The molecule has 1 heterocycles. The minimum atomic E-state index is -0.849. The largest absolute Gasteiger partial charge is 0.481 e. The van der Waals surface area contributed by atoms with Gasteiger partial charge in [0.15, 0.2) is 0 Å². The van der Waals surface area contributed by atoms with Crippen molar-refractivity contribution >= 4 is 11.9 Å². The van der Waals surface area contributed by atoms with E-state index < -0.39 is 11.9 Å². The summed E-state index contributed by atoms with van der Waals surface area (Å²) in [5.41, 5.74) is 0.785. The summed E-state index contributed by atoms with van der Waals surface area (Å²) in [6.45, 7) is 2.65. The van der Waals surface area contributed by atoms with Gasteiger partial charge in [0, 0.05) is 19.5 Å². The molecular formula is C15H18FNO3. The summed E-state index contributed by atoms with van der Waals surface area (Å²) in [5, 5.41) is 8.92. The molecule has 1 aliphatic heterocycles. The quantitative estimate of drug-likeness (QED) is 0.919. The number of hydrogen-bond acceptors (Lipinski definition) is 2. The van der Waals surface area contributed by atoms with Crippen LogP contribution < -0.4 is 0 Å². The van der Waals surface area contributed by atoms with Gasteiger partial charge in [-0.3, -0.25) is 9.59 Å². The number of amides is 1. The van der Waals surface area contributed by atoms with Crippen molar-refractivity contribution in [1.29, 1.82) is 0 Å². The standard InChI is InChI=1S/C15H18FNO3/c1-10(11-3-2-4-13(16)8-11)7-14(18)17-6-5-12(9-17)15(19)20/h2-4,8,10,12H,5-7,9H2,1H3,(H,19,20)/t10-,12-/m0/s1. The Morgan fingerprint density at radius 2 is 2.25 bits per heavy atom. The zero-order valence-electron chi connectivity index (χ0n) is 11.4. The molecule has 2 rings (SSSR count). The Hall–Kier alpha value is -1.91. The van der Waals surface area contributed by atoms with Crippen molar-refractivity contribution < 1.29 is 19.1 Å². The van der Waals surface area contributed by atoms with Crippen molar-refractivity contribution in [3.63, 3.8) is 0 Å². The lowest BCUT2D eigenvalue weighted by atomic mass is 9.97. The normalized spacial score (nSPS) is 19.9. The topological polar surface area (TPSA) is 57.6 Å². The summed E-state index contributed by atoms with van der Waals surface area (Å²) in [6.07, 6.45) is 0.783. The molecule has 0 aliphatic carbocycles. The average molecular weight is 279 g/mol. The molecule has 0 saturated carbocycles. The van der Waals surface area contributed by atoms with Crippen LogP contribution in [0.4, 0.5) is 4.39 Å². The second kappa shape index (κ2) is 6.03. The Kier molecular flexibility index (Phi) is 4.37. The van der Waals surface area contributed by atoms with E-state index in [1.165, 1.54) is 12.1 Å². The number of aliphatic carboxylic acids is 1. The Morgan fingerprint density at radius 1 is 1.50 bits per heavy atom. The van der Waals surface area contributed by atoms with Crippen LogP contribution >= 0.6 is 0 Å². The van der Waals surface area contributed by atoms with Crippen molar-refractivity contribution in [3.8, 4) is 0 Å². The molecule has 1 fully saturated rings. The fraction of sp³-hybridized carbons (Fsp3) is 0.467. The zero-order valence-corrected chi connectivity index (χ0v) is 11.4. The lowest BCUT2D eigenvalue weighted by Gasteiger charge is -2.19. The number of halogens is 1. The maximum atomic E-state index is 13.1. The summed E-state index contributed by atoms with van der Waals surface area (Å²) in [5.74, 6) is -1.76. The Bertz CT molecular complexity index is 518. The van der Waals surface area contributed by atoms with E-state index in [1.807, 2.05) is 6.92 Å². The van der Waals surface area contributed by atoms with E-state index in [0.717, 1.165) is 5.56 Å². The van der Waals surface area contributed by atoms with Crippen molar-refractivity contribution in [2.45, 2.75) is 25.7 Å². The number of rotatable bonds is 4. The van der Waals surface area contributed by atoms with E-state index in [2.05, 4.69) is 0 Å². The summed E-state index contributed by atoms with van der Waals surface area (Å²) in [4.78, 5) is 24.6. The molecule has 0 unspecified atom stereocenters. The molecular weight excluding hydrogens is 261 g/mol. The second-order valence-electron chi connectivity index (χ2n) is 5.32. The fourth-order valence-electron chi connectivity index (χ4n) is 2.51. The maximum Gasteiger partial charge on any atom is 0.308 e. The number of carbonyl (C=O) groups is 2. The molecule has 108 valence electrons. The van der Waals surface area contributed by atoms with E-state index in [4.69, 9.17) is 5.11 Å². The zero-order chi connectivity index (χ0) is 14.7. The van der Waals surface area contributed by atoms with Gasteiger partial charge in [0.05, 0.1) is 5.92 Å². The third-order valence-corrected chi connectivity index (χ3v) is 3.79. The van der Waals surface area contributed by atoms with Crippen LogP contribution in [-0.2, 0) is 9.59 Å². The smallest absolute Gasteiger partial charge is 0.308 e. The van der Waals surface area contributed by atoms with Crippen LogP contribution in [0.3, 0.4) is 0 Å². The third-order valence-electron chi connectivity index (χ3n) is 3.79. The molecule has 1 saturated heterocycles. The molecule has 4 nitrogen and oxygen atoms in total. The highest BCUT2D eigenvalue weighted by atomic mass is 19.1. The number of carboxylic acid groups (broad SMARTS) is 1. The van der Waals surface area contributed by atoms with Gasteiger partial charge in [-0.1, -0.05) is 19.1 Å². The molecule has 0 spiro atoms. The van der Waals surface area contributed by atoms with Crippen LogP contribution in [0, 0.1) is 11.7 Å². The first-order valence-electron chi connectivity index (χ1n) is 6.73. The van der Waals surface area contributed by atoms with Crippen LogP contribution in [0.1, 0.15) is 31.2 Å². The molecule has 1 amide bonds. The average Bonchev–Trinajstić information content (AvgIpc) is 2.88. The molecule has 1 N–H and O–H groups in total. The minimum absolute atomic E-state index is 0.0643. The summed E-state index contributed by atoms with van der Waals surface area (Å²) in [6, 6.07) is 6.23. The molecule has 0 aromatic heterocycles. The van der Waals surface area contributed by atoms with Gasteiger partial charge in [0.2, 0.25) is 5.91 Å². The molecule has 1 aromatic carbocycles. The highest BCUT2D eigenvalue weighted by Crippen LogP contribution is 2.23. The number of hydrogen-bond donors (Lipinski definition) is 1. The first kappa shape index (κ1) is 14.5. The lowest BCUT2D eigenvalue weighted by molar-refractivity contribution is -0.141. The molecule has 2 atom stereocenters. The van der Waals surface area contributed by atoms with Gasteiger partial charge in [0.1, 0.15) is 5.82 Å². The predicted molar refractivity (Wildman–Crippen MR) is 71.8 cm³/mol. The van der Waals surface area contributed by atoms with E-state index >= 15 is 0 Å². The molecule has 1 aromatic rings. The number of likely N-dealkylation sites (tertiary alicyclic amines) is 1. The highest BCUT2D eigenvalue weighted by Gasteiger charge is 2.31. The lowest BCUT2D eigenvalue weighted by Crippen LogP contribution is -2.30. The Labute approximate surface area is 117 Å². The van der Waals surface area contributed by atoms with Gasteiger partial charge in [-0.25, -0.2) is 4.39 Å². The number of nitrogens with zero attached hydrogens (tertiary/aromatic N) is 1.